The number of hydrogen-bond donors (Lipinski definition) is 1. The predicted molar refractivity (Wildman–Crippen MR) is 68.8 cm³/mol. The highest BCUT2D eigenvalue weighted by Gasteiger charge is 2.28. The Bertz CT molecular complexity index is 561. The molecule has 0 aliphatic heterocycles. The van der Waals surface area contributed by atoms with E-state index >= 15 is 0 Å². The van der Waals surface area contributed by atoms with E-state index in [9.17, 15) is 4.79 Å². The third-order valence-corrected chi connectivity index (χ3v) is 3.13. The van der Waals surface area contributed by atoms with Gasteiger partial charge in [-0.2, -0.15) is 0 Å². The second kappa shape index (κ2) is 5.22. The summed E-state index contributed by atoms with van der Waals surface area (Å²) in [4.78, 5) is 16.0. The minimum Gasteiger partial charge on any atom is -0.360 e. The third-order valence-electron chi connectivity index (χ3n) is 3.13. The number of nitrogens with zero attached hydrogens (tertiary/aromatic N) is 2. The number of rotatable bonds is 5. The molecule has 2 aromatic heterocycles. The van der Waals surface area contributed by atoms with Crippen molar-refractivity contribution >= 4 is 5.91 Å². The van der Waals surface area contributed by atoms with Crippen molar-refractivity contribution in [3.05, 3.63) is 47.6 Å². The number of aromatic nitrogens is 2. The topological polar surface area (TPSA) is 68.0 Å². The van der Waals surface area contributed by atoms with Crippen molar-refractivity contribution in [2.75, 3.05) is 6.54 Å². The van der Waals surface area contributed by atoms with E-state index in [0.717, 1.165) is 24.3 Å². The van der Waals surface area contributed by atoms with Crippen molar-refractivity contribution < 1.29 is 9.32 Å². The molecule has 1 amide bonds. The number of hydrogen-bond acceptors (Lipinski definition) is 4. The lowest BCUT2D eigenvalue weighted by Gasteiger charge is -2.01. The zero-order chi connectivity index (χ0) is 13.1. The van der Waals surface area contributed by atoms with Gasteiger partial charge in [0.25, 0.3) is 5.91 Å². The fraction of sp³-hybridized carbons (Fsp3) is 0.357. The second-order valence-electron chi connectivity index (χ2n) is 4.72. The van der Waals surface area contributed by atoms with Crippen LogP contribution in [0.4, 0.5) is 0 Å². The summed E-state index contributed by atoms with van der Waals surface area (Å²) in [5, 5.41) is 6.62. The normalized spacial score (nSPS) is 14.3. The molecular formula is C14H15N3O2. The van der Waals surface area contributed by atoms with Gasteiger partial charge in [0.2, 0.25) is 0 Å². The summed E-state index contributed by atoms with van der Waals surface area (Å²) >= 11 is 0. The van der Waals surface area contributed by atoms with Crippen LogP contribution in [0.1, 0.15) is 40.7 Å². The fourth-order valence-corrected chi connectivity index (χ4v) is 1.90. The largest absolute Gasteiger partial charge is 0.360 e. The maximum Gasteiger partial charge on any atom is 0.273 e. The molecule has 2 heterocycles. The molecule has 19 heavy (non-hydrogen) atoms. The van der Waals surface area contributed by atoms with Gasteiger partial charge in [0.1, 0.15) is 5.76 Å². The van der Waals surface area contributed by atoms with Crippen molar-refractivity contribution in [3.63, 3.8) is 0 Å². The fourth-order valence-electron chi connectivity index (χ4n) is 1.90. The summed E-state index contributed by atoms with van der Waals surface area (Å²) in [5.41, 5.74) is 1.32. The van der Waals surface area contributed by atoms with Gasteiger partial charge in [0.15, 0.2) is 5.69 Å². The summed E-state index contributed by atoms with van der Waals surface area (Å²) in [6.45, 7) is 0.543. The lowest BCUT2D eigenvalue weighted by atomic mass is 10.2. The Labute approximate surface area is 111 Å². The maximum atomic E-state index is 11.8. The van der Waals surface area contributed by atoms with E-state index in [1.54, 1.807) is 12.3 Å². The van der Waals surface area contributed by atoms with E-state index in [2.05, 4.69) is 15.5 Å². The average molecular weight is 257 g/mol. The molecule has 1 aliphatic carbocycles. The van der Waals surface area contributed by atoms with Gasteiger partial charge in [0, 0.05) is 36.8 Å². The molecule has 5 heteroatoms. The first-order valence-corrected chi connectivity index (χ1v) is 6.47. The van der Waals surface area contributed by atoms with Crippen molar-refractivity contribution in [2.24, 2.45) is 0 Å². The summed E-state index contributed by atoms with van der Waals surface area (Å²) in [6.07, 6.45) is 4.72. The number of nitrogens with one attached hydrogen (secondary N) is 1. The highest BCUT2D eigenvalue weighted by atomic mass is 16.5. The first-order chi connectivity index (χ1) is 9.33. The van der Waals surface area contributed by atoms with Crippen molar-refractivity contribution in [1.82, 2.24) is 15.5 Å². The number of carbonyl (C=O) groups is 1. The van der Waals surface area contributed by atoms with Crippen LogP contribution in [0.5, 0.6) is 0 Å². The molecular weight excluding hydrogens is 242 g/mol. The molecule has 0 bridgehead atoms. The first-order valence-electron chi connectivity index (χ1n) is 6.47. The van der Waals surface area contributed by atoms with Gasteiger partial charge in [-0.05, 0) is 25.0 Å². The standard InChI is InChI=1S/C14H15N3O2/c18-14(12-9-13(19-17-12)10-4-5-10)16-8-6-11-3-1-2-7-15-11/h1-3,7,9-10H,4-6,8H2,(H,16,18). The molecule has 3 rings (SSSR count). The Balaban J connectivity index is 1.50. The first kappa shape index (κ1) is 11.9. The summed E-state index contributed by atoms with van der Waals surface area (Å²) in [7, 11) is 0. The maximum absolute atomic E-state index is 11.8. The molecule has 2 aromatic rings. The van der Waals surface area contributed by atoms with Crippen LogP contribution in [0.2, 0.25) is 0 Å². The zero-order valence-corrected chi connectivity index (χ0v) is 10.5. The smallest absolute Gasteiger partial charge is 0.273 e. The minimum atomic E-state index is -0.188. The van der Waals surface area contributed by atoms with Crippen molar-refractivity contribution in [1.29, 1.82) is 0 Å². The Morgan fingerprint density at radius 2 is 2.32 bits per heavy atom. The number of amides is 1. The highest BCUT2D eigenvalue weighted by Crippen LogP contribution is 2.40. The van der Waals surface area contributed by atoms with Gasteiger partial charge in [-0.1, -0.05) is 11.2 Å². The third kappa shape index (κ3) is 2.99. The van der Waals surface area contributed by atoms with Crippen LogP contribution in [-0.4, -0.2) is 22.6 Å². The summed E-state index contributed by atoms with van der Waals surface area (Å²) in [6, 6.07) is 7.49. The summed E-state index contributed by atoms with van der Waals surface area (Å²) < 4.78 is 5.15. The molecule has 5 nitrogen and oxygen atoms in total. The Morgan fingerprint density at radius 3 is 3.05 bits per heavy atom. The molecule has 0 radical (unpaired) electrons. The molecule has 1 aliphatic rings. The van der Waals surface area contributed by atoms with Gasteiger partial charge in [0.05, 0.1) is 0 Å². The predicted octanol–water partition coefficient (Wildman–Crippen LogP) is 1.92. The van der Waals surface area contributed by atoms with E-state index in [1.807, 2.05) is 18.2 Å². The molecule has 98 valence electrons. The van der Waals surface area contributed by atoms with Gasteiger partial charge < -0.3 is 9.84 Å². The Hall–Kier alpha value is -2.17. The molecule has 0 aromatic carbocycles. The van der Waals surface area contributed by atoms with E-state index in [4.69, 9.17) is 4.52 Å². The zero-order valence-electron chi connectivity index (χ0n) is 10.5. The molecule has 0 spiro atoms. The van der Waals surface area contributed by atoms with E-state index in [1.165, 1.54) is 0 Å². The van der Waals surface area contributed by atoms with E-state index in [-0.39, 0.29) is 5.91 Å². The number of pyridine rings is 1. The van der Waals surface area contributed by atoms with Gasteiger partial charge >= 0.3 is 0 Å². The van der Waals surface area contributed by atoms with Crippen LogP contribution in [0.15, 0.2) is 35.0 Å². The monoisotopic (exact) mass is 257 g/mol. The second-order valence-corrected chi connectivity index (χ2v) is 4.72. The van der Waals surface area contributed by atoms with Crippen molar-refractivity contribution in [2.45, 2.75) is 25.2 Å². The molecule has 0 unspecified atom stereocenters. The van der Waals surface area contributed by atoms with E-state index < -0.39 is 0 Å². The van der Waals surface area contributed by atoms with Crippen LogP contribution in [0.3, 0.4) is 0 Å². The number of carbonyl (C=O) groups excluding carboxylic acids is 1. The highest BCUT2D eigenvalue weighted by molar-refractivity contribution is 5.92. The van der Waals surface area contributed by atoms with Gasteiger partial charge in [-0.15, -0.1) is 0 Å². The van der Waals surface area contributed by atoms with Crippen LogP contribution in [0, 0.1) is 0 Å². The summed E-state index contributed by atoms with van der Waals surface area (Å²) in [5.74, 6) is 1.11. The molecule has 0 saturated heterocycles. The minimum absolute atomic E-state index is 0.188. The SMILES string of the molecule is O=C(NCCc1ccccn1)c1cc(C2CC2)on1. The van der Waals surface area contributed by atoms with Crippen LogP contribution >= 0.6 is 0 Å². The van der Waals surface area contributed by atoms with E-state index in [0.29, 0.717) is 24.6 Å². The van der Waals surface area contributed by atoms with Gasteiger partial charge in [-0.3, -0.25) is 9.78 Å². The van der Waals surface area contributed by atoms with Crippen molar-refractivity contribution in [3.8, 4) is 0 Å². The average Bonchev–Trinajstić information content (AvgIpc) is 3.17. The Kier molecular flexibility index (Phi) is 3.27. The molecule has 1 fully saturated rings. The quantitative estimate of drug-likeness (QED) is 0.888. The van der Waals surface area contributed by atoms with Gasteiger partial charge in [-0.25, -0.2) is 0 Å². The molecule has 0 atom stereocenters. The lowest BCUT2D eigenvalue weighted by Crippen LogP contribution is -2.26. The molecule has 1 saturated carbocycles. The molecule has 1 N–H and O–H groups in total. The van der Waals surface area contributed by atoms with Crippen LogP contribution in [-0.2, 0) is 6.42 Å². The lowest BCUT2D eigenvalue weighted by molar-refractivity contribution is 0.0945. The van der Waals surface area contributed by atoms with Crippen LogP contribution in [0.25, 0.3) is 0 Å². The Morgan fingerprint density at radius 1 is 1.42 bits per heavy atom. The van der Waals surface area contributed by atoms with Crippen LogP contribution < -0.4 is 5.32 Å².